The Balaban J connectivity index is 2.21. The first-order valence-corrected chi connectivity index (χ1v) is 5.38. The number of ether oxygens (including phenoxy) is 1. The lowest BCUT2D eigenvalue weighted by atomic mass is 10.3. The van der Waals surface area contributed by atoms with E-state index in [1.165, 1.54) is 0 Å². The van der Waals surface area contributed by atoms with Gasteiger partial charge in [-0.3, -0.25) is 0 Å². The number of rotatable bonds is 2. The van der Waals surface area contributed by atoms with Gasteiger partial charge in [0.05, 0.1) is 12.7 Å². The lowest BCUT2D eigenvalue weighted by Gasteiger charge is -2.31. The quantitative estimate of drug-likeness (QED) is 0.320. The van der Waals surface area contributed by atoms with Crippen LogP contribution >= 0.6 is 0 Å². The van der Waals surface area contributed by atoms with E-state index in [9.17, 15) is 0 Å². The van der Waals surface area contributed by atoms with E-state index in [0.29, 0.717) is 18.2 Å². The van der Waals surface area contributed by atoms with Crippen LogP contribution in [0.25, 0.3) is 0 Å². The maximum absolute atomic E-state index is 8.60. The molecule has 1 aliphatic heterocycles. The molecule has 0 bridgehead atoms. The average molecular weight is 237 g/mol. The van der Waals surface area contributed by atoms with Crippen LogP contribution in [0.1, 0.15) is 12.6 Å². The summed E-state index contributed by atoms with van der Waals surface area (Å²) in [5.41, 5.74) is 5.90. The van der Waals surface area contributed by atoms with Crippen LogP contribution in [0.2, 0.25) is 0 Å². The molecule has 0 radical (unpaired) electrons. The van der Waals surface area contributed by atoms with Gasteiger partial charge < -0.3 is 20.6 Å². The van der Waals surface area contributed by atoms with E-state index in [4.69, 9.17) is 15.7 Å². The third kappa shape index (κ3) is 2.62. The number of nitrogens with zero attached hydrogens (tertiary/aromatic N) is 4. The van der Waals surface area contributed by atoms with E-state index in [-0.39, 0.29) is 11.9 Å². The summed E-state index contributed by atoms with van der Waals surface area (Å²) in [5.74, 6) is 0.555. The Morgan fingerprint density at radius 1 is 1.71 bits per heavy atom. The highest BCUT2D eigenvalue weighted by atomic mass is 16.5. The summed E-state index contributed by atoms with van der Waals surface area (Å²) in [6.07, 6.45) is 1.75. The molecule has 1 aromatic heterocycles. The molecule has 1 atom stereocenters. The Hall–Kier alpha value is -1.89. The fourth-order valence-electron chi connectivity index (χ4n) is 1.69. The van der Waals surface area contributed by atoms with Crippen molar-refractivity contribution < 1.29 is 9.94 Å². The number of oxime groups is 1. The van der Waals surface area contributed by atoms with Crippen LogP contribution < -0.4 is 10.6 Å². The molecule has 1 aliphatic rings. The van der Waals surface area contributed by atoms with Crippen molar-refractivity contribution in [1.29, 1.82) is 0 Å². The van der Waals surface area contributed by atoms with Crippen LogP contribution in [-0.2, 0) is 4.74 Å². The first-order chi connectivity index (χ1) is 8.20. The zero-order valence-electron chi connectivity index (χ0n) is 9.58. The van der Waals surface area contributed by atoms with Crippen LogP contribution in [0, 0.1) is 0 Å². The number of anilines is 1. The van der Waals surface area contributed by atoms with Crippen molar-refractivity contribution in [3.05, 3.63) is 18.0 Å². The van der Waals surface area contributed by atoms with Crippen LogP contribution in [0.15, 0.2) is 17.4 Å². The summed E-state index contributed by atoms with van der Waals surface area (Å²) in [7, 11) is 0. The van der Waals surface area contributed by atoms with Crippen LogP contribution in [0.4, 0.5) is 5.95 Å². The van der Waals surface area contributed by atoms with Gasteiger partial charge in [-0.25, -0.2) is 9.97 Å². The average Bonchev–Trinajstić information content (AvgIpc) is 2.38. The van der Waals surface area contributed by atoms with Crippen LogP contribution in [0.3, 0.4) is 0 Å². The van der Waals surface area contributed by atoms with Crippen molar-refractivity contribution in [3.63, 3.8) is 0 Å². The van der Waals surface area contributed by atoms with Gasteiger partial charge in [0.25, 0.3) is 0 Å². The second kappa shape index (κ2) is 4.96. The molecule has 1 fully saturated rings. The molecule has 0 spiro atoms. The number of aromatic nitrogens is 2. The largest absolute Gasteiger partial charge is 0.409 e. The predicted octanol–water partition coefficient (Wildman–Crippen LogP) is -0.204. The second-order valence-electron chi connectivity index (χ2n) is 3.85. The molecular weight excluding hydrogens is 222 g/mol. The molecule has 7 nitrogen and oxygen atoms in total. The van der Waals surface area contributed by atoms with Crippen molar-refractivity contribution in [2.75, 3.05) is 24.6 Å². The Morgan fingerprint density at radius 3 is 3.24 bits per heavy atom. The van der Waals surface area contributed by atoms with E-state index in [1.54, 1.807) is 12.3 Å². The standard InChI is InChI=1S/C10H15N5O2/c1-7-6-15(4-5-17-7)10-12-3-2-8(13-10)9(11)14-16/h2-3,7,16H,4-6H2,1H3,(H2,11,14). The summed E-state index contributed by atoms with van der Waals surface area (Å²) in [4.78, 5) is 10.4. The molecule has 0 aromatic carbocycles. The van der Waals surface area contributed by atoms with Gasteiger partial charge in [-0.2, -0.15) is 0 Å². The summed E-state index contributed by atoms with van der Waals surface area (Å²) in [5, 5.41) is 11.5. The van der Waals surface area contributed by atoms with Gasteiger partial charge in [0, 0.05) is 19.3 Å². The minimum absolute atomic E-state index is 0.0186. The van der Waals surface area contributed by atoms with Gasteiger partial charge in [-0.15, -0.1) is 0 Å². The maximum atomic E-state index is 8.60. The first kappa shape index (κ1) is 11.6. The summed E-state index contributed by atoms with van der Waals surface area (Å²) in [6, 6.07) is 1.60. The Bertz CT molecular complexity index is 423. The van der Waals surface area contributed by atoms with Gasteiger partial charge in [0.2, 0.25) is 5.95 Å². The SMILES string of the molecule is CC1CN(c2nccc(/C(N)=N/O)n2)CCO1. The zero-order chi connectivity index (χ0) is 12.3. The third-order valence-corrected chi connectivity index (χ3v) is 2.54. The van der Waals surface area contributed by atoms with Gasteiger partial charge in [0.1, 0.15) is 5.69 Å². The van der Waals surface area contributed by atoms with Gasteiger partial charge in [-0.05, 0) is 13.0 Å². The Labute approximate surface area is 98.9 Å². The van der Waals surface area contributed by atoms with Crippen molar-refractivity contribution in [1.82, 2.24) is 9.97 Å². The van der Waals surface area contributed by atoms with E-state index < -0.39 is 0 Å². The van der Waals surface area contributed by atoms with Crippen molar-refractivity contribution in [2.45, 2.75) is 13.0 Å². The highest BCUT2D eigenvalue weighted by Gasteiger charge is 2.19. The first-order valence-electron chi connectivity index (χ1n) is 5.38. The van der Waals surface area contributed by atoms with Gasteiger partial charge in [-0.1, -0.05) is 5.16 Å². The molecule has 2 heterocycles. The molecule has 2 rings (SSSR count). The molecule has 1 saturated heterocycles. The number of amidine groups is 1. The summed E-state index contributed by atoms with van der Waals surface area (Å²) < 4.78 is 5.44. The lowest BCUT2D eigenvalue weighted by molar-refractivity contribution is 0.0526. The molecule has 0 saturated carbocycles. The minimum Gasteiger partial charge on any atom is -0.409 e. The molecule has 1 unspecified atom stereocenters. The van der Waals surface area contributed by atoms with Crippen LogP contribution in [0.5, 0.6) is 0 Å². The van der Waals surface area contributed by atoms with Crippen LogP contribution in [-0.4, -0.2) is 46.8 Å². The summed E-state index contributed by atoms with van der Waals surface area (Å²) >= 11 is 0. The number of hydrogen-bond acceptors (Lipinski definition) is 6. The number of morpholine rings is 1. The Kier molecular flexibility index (Phi) is 3.38. The summed E-state index contributed by atoms with van der Waals surface area (Å²) in [6.45, 7) is 4.13. The van der Waals surface area contributed by atoms with Crippen molar-refractivity contribution in [3.8, 4) is 0 Å². The molecule has 0 amide bonds. The van der Waals surface area contributed by atoms with Gasteiger partial charge in [0.15, 0.2) is 5.84 Å². The fraction of sp³-hybridized carbons (Fsp3) is 0.500. The maximum Gasteiger partial charge on any atom is 0.226 e. The topological polar surface area (TPSA) is 96.9 Å². The van der Waals surface area contributed by atoms with Crippen molar-refractivity contribution >= 4 is 11.8 Å². The molecule has 92 valence electrons. The molecular formula is C10H15N5O2. The van der Waals surface area contributed by atoms with E-state index >= 15 is 0 Å². The number of hydrogen-bond donors (Lipinski definition) is 2. The van der Waals surface area contributed by atoms with Gasteiger partial charge >= 0.3 is 0 Å². The second-order valence-corrected chi connectivity index (χ2v) is 3.85. The van der Waals surface area contributed by atoms with E-state index in [2.05, 4.69) is 15.1 Å². The zero-order valence-corrected chi connectivity index (χ0v) is 9.58. The highest BCUT2D eigenvalue weighted by molar-refractivity contribution is 5.95. The van der Waals surface area contributed by atoms with E-state index in [1.807, 2.05) is 11.8 Å². The smallest absolute Gasteiger partial charge is 0.226 e. The molecule has 3 N–H and O–H groups in total. The highest BCUT2D eigenvalue weighted by Crippen LogP contribution is 2.12. The molecule has 7 heteroatoms. The molecule has 1 aromatic rings. The number of nitrogens with two attached hydrogens (primary N) is 1. The molecule has 17 heavy (non-hydrogen) atoms. The predicted molar refractivity (Wildman–Crippen MR) is 62.2 cm³/mol. The van der Waals surface area contributed by atoms with E-state index in [0.717, 1.165) is 13.1 Å². The van der Waals surface area contributed by atoms with Crippen molar-refractivity contribution in [2.24, 2.45) is 10.9 Å². The minimum atomic E-state index is -0.0186. The normalized spacial score (nSPS) is 21.6. The monoisotopic (exact) mass is 237 g/mol. The molecule has 0 aliphatic carbocycles. The lowest BCUT2D eigenvalue weighted by Crippen LogP contribution is -2.42. The fourth-order valence-corrected chi connectivity index (χ4v) is 1.69. The third-order valence-electron chi connectivity index (χ3n) is 2.54. The Morgan fingerprint density at radius 2 is 2.53 bits per heavy atom.